The van der Waals surface area contributed by atoms with Gasteiger partial charge in [-0.05, 0) is 54.9 Å². The standard InChI is InChI=1S/C21H26Cl2N2O2/c22-20-7-4-18(14-21(20)23)16-27-19-5-2-17(3-6-19)15-24-8-1-9-25-10-12-26-13-11-25/h2-7,14,24H,1,8-13,15-16H2. The van der Waals surface area contributed by atoms with Crippen molar-refractivity contribution in [3.05, 3.63) is 63.6 Å². The highest BCUT2D eigenvalue weighted by Crippen LogP contribution is 2.23. The lowest BCUT2D eigenvalue weighted by atomic mass is 10.2. The van der Waals surface area contributed by atoms with Crippen molar-refractivity contribution in [1.29, 1.82) is 0 Å². The third-order valence-corrected chi connectivity index (χ3v) is 5.31. The molecule has 0 bridgehead atoms. The van der Waals surface area contributed by atoms with Gasteiger partial charge >= 0.3 is 0 Å². The summed E-state index contributed by atoms with van der Waals surface area (Å²) in [4.78, 5) is 2.46. The topological polar surface area (TPSA) is 33.7 Å². The molecule has 3 rings (SSSR count). The summed E-state index contributed by atoms with van der Waals surface area (Å²) >= 11 is 12.0. The van der Waals surface area contributed by atoms with E-state index in [9.17, 15) is 0 Å². The van der Waals surface area contributed by atoms with Gasteiger partial charge < -0.3 is 14.8 Å². The maximum Gasteiger partial charge on any atom is 0.119 e. The summed E-state index contributed by atoms with van der Waals surface area (Å²) in [6, 6.07) is 13.7. The van der Waals surface area contributed by atoms with Crippen molar-refractivity contribution in [2.45, 2.75) is 19.6 Å². The number of hydrogen-bond acceptors (Lipinski definition) is 4. The van der Waals surface area contributed by atoms with Crippen molar-refractivity contribution in [2.75, 3.05) is 39.4 Å². The van der Waals surface area contributed by atoms with E-state index in [-0.39, 0.29) is 0 Å². The monoisotopic (exact) mass is 408 g/mol. The molecule has 2 aromatic rings. The number of morpholine rings is 1. The molecular weight excluding hydrogens is 383 g/mol. The van der Waals surface area contributed by atoms with Crippen molar-refractivity contribution in [3.8, 4) is 5.75 Å². The zero-order chi connectivity index (χ0) is 18.9. The van der Waals surface area contributed by atoms with Crippen LogP contribution >= 0.6 is 23.2 Å². The van der Waals surface area contributed by atoms with Crippen LogP contribution in [0.25, 0.3) is 0 Å². The van der Waals surface area contributed by atoms with Gasteiger partial charge in [0.15, 0.2) is 0 Å². The number of nitrogens with zero attached hydrogens (tertiary/aromatic N) is 1. The maximum atomic E-state index is 6.03. The van der Waals surface area contributed by atoms with E-state index >= 15 is 0 Å². The average molecular weight is 409 g/mol. The zero-order valence-corrected chi connectivity index (χ0v) is 16.9. The predicted octanol–water partition coefficient (Wildman–Crippen LogP) is 4.38. The van der Waals surface area contributed by atoms with Crippen molar-refractivity contribution < 1.29 is 9.47 Å². The summed E-state index contributed by atoms with van der Waals surface area (Å²) in [5, 5.41) is 4.61. The first kappa shape index (κ1) is 20.4. The molecule has 146 valence electrons. The van der Waals surface area contributed by atoms with Crippen LogP contribution in [0.2, 0.25) is 10.0 Å². The van der Waals surface area contributed by atoms with Gasteiger partial charge in [-0.15, -0.1) is 0 Å². The number of ether oxygens (including phenoxy) is 2. The highest BCUT2D eigenvalue weighted by Gasteiger charge is 2.08. The number of rotatable bonds is 9. The number of halogens is 2. The van der Waals surface area contributed by atoms with E-state index in [1.807, 2.05) is 24.3 Å². The Hall–Kier alpha value is -1.30. The summed E-state index contributed by atoms with van der Waals surface area (Å²) in [7, 11) is 0. The summed E-state index contributed by atoms with van der Waals surface area (Å²) in [5.41, 5.74) is 2.25. The largest absolute Gasteiger partial charge is 0.489 e. The van der Waals surface area contributed by atoms with Crippen LogP contribution in [0.5, 0.6) is 5.75 Å². The van der Waals surface area contributed by atoms with Crippen molar-refractivity contribution in [1.82, 2.24) is 10.2 Å². The Labute approximate surface area is 171 Å². The molecule has 0 saturated carbocycles. The molecule has 1 heterocycles. The first-order valence-corrected chi connectivity index (χ1v) is 10.1. The van der Waals surface area contributed by atoms with E-state index in [0.29, 0.717) is 16.7 Å². The molecule has 1 aliphatic heterocycles. The molecule has 1 saturated heterocycles. The molecule has 1 fully saturated rings. The van der Waals surface area contributed by atoms with E-state index in [1.54, 1.807) is 6.07 Å². The van der Waals surface area contributed by atoms with Crippen LogP contribution in [0.1, 0.15) is 17.5 Å². The first-order chi connectivity index (χ1) is 13.2. The van der Waals surface area contributed by atoms with E-state index < -0.39 is 0 Å². The Balaban J connectivity index is 1.33. The number of hydrogen-bond donors (Lipinski definition) is 1. The fraction of sp³-hybridized carbons (Fsp3) is 0.429. The Kier molecular flexibility index (Phi) is 8.24. The van der Waals surface area contributed by atoms with Crippen LogP contribution in [0, 0.1) is 0 Å². The van der Waals surface area contributed by atoms with E-state index in [0.717, 1.165) is 63.7 Å². The summed E-state index contributed by atoms with van der Waals surface area (Å²) in [6.45, 7) is 7.35. The van der Waals surface area contributed by atoms with Gasteiger partial charge in [-0.3, -0.25) is 4.90 Å². The molecule has 1 N–H and O–H groups in total. The zero-order valence-electron chi connectivity index (χ0n) is 15.4. The quantitative estimate of drug-likeness (QED) is 0.623. The molecule has 1 aliphatic rings. The van der Waals surface area contributed by atoms with Crippen LogP contribution in [0.15, 0.2) is 42.5 Å². The smallest absolute Gasteiger partial charge is 0.119 e. The molecule has 4 nitrogen and oxygen atoms in total. The van der Waals surface area contributed by atoms with Crippen LogP contribution in [0.4, 0.5) is 0 Å². The third kappa shape index (κ3) is 6.98. The lowest BCUT2D eigenvalue weighted by Gasteiger charge is -2.26. The maximum absolute atomic E-state index is 6.03. The summed E-state index contributed by atoms with van der Waals surface area (Å²) in [6.07, 6.45) is 1.16. The molecule has 0 amide bonds. The minimum absolute atomic E-state index is 0.468. The lowest BCUT2D eigenvalue weighted by Crippen LogP contribution is -2.37. The molecule has 6 heteroatoms. The van der Waals surface area contributed by atoms with Gasteiger partial charge in [0.25, 0.3) is 0 Å². The highest BCUT2D eigenvalue weighted by atomic mass is 35.5. The van der Waals surface area contributed by atoms with Gasteiger partial charge in [-0.25, -0.2) is 0 Å². The molecule has 2 aromatic carbocycles. The van der Waals surface area contributed by atoms with E-state index in [1.165, 1.54) is 5.56 Å². The second kappa shape index (κ2) is 10.9. The third-order valence-electron chi connectivity index (χ3n) is 4.57. The molecule has 0 atom stereocenters. The van der Waals surface area contributed by atoms with Gasteiger partial charge in [0, 0.05) is 19.6 Å². The Bertz CT molecular complexity index is 704. The summed E-state index contributed by atoms with van der Waals surface area (Å²) < 4.78 is 11.2. The first-order valence-electron chi connectivity index (χ1n) is 9.37. The van der Waals surface area contributed by atoms with Gasteiger partial charge in [0.2, 0.25) is 0 Å². The van der Waals surface area contributed by atoms with Crippen molar-refractivity contribution in [2.24, 2.45) is 0 Å². The minimum atomic E-state index is 0.468. The highest BCUT2D eigenvalue weighted by molar-refractivity contribution is 6.42. The minimum Gasteiger partial charge on any atom is -0.489 e. The molecule has 0 aliphatic carbocycles. The molecule has 0 radical (unpaired) electrons. The van der Waals surface area contributed by atoms with Crippen LogP contribution in [-0.2, 0) is 17.9 Å². The Morgan fingerprint density at radius 3 is 2.44 bits per heavy atom. The lowest BCUT2D eigenvalue weighted by molar-refractivity contribution is 0.0374. The predicted molar refractivity (Wildman–Crippen MR) is 111 cm³/mol. The summed E-state index contributed by atoms with van der Waals surface area (Å²) in [5.74, 6) is 0.845. The molecule has 27 heavy (non-hydrogen) atoms. The van der Waals surface area contributed by atoms with Crippen LogP contribution in [0.3, 0.4) is 0 Å². The number of benzene rings is 2. The van der Waals surface area contributed by atoms with E-state index in [4.69, 9.17) is 32.7 Å². The molecule has 0 aromatic heterocycles. The van der Waals surface area contributed by atoms with Gasteiger partial charge in [0.1, 0.15) is 12.4 Å². The number of nitrogens with one attached hydrogen (secondary N) is 1. The fourth-order valence-corrected chi connectivity index (χ4v) is 3.31. The van der Waals surface area contributed by atoms with Gasteiger partial charge in [-0.2, -0.15) is 0 Å². The molecule has 0 spiro atoms. The second-order valence-corrected chi connectivity index (χ2v) is 7.48. The molecular formula is C21H26Cl2N2O2. The van der Waals surface area contributed by atoms with Crippen LogP contribution in [-0.4, -0.2) is 44.3 Å². The Morgan fingerprint density at radius 2 is 1.70 bits per heavy atom. The molecule has 0 unspecified atom stereocenters. The normalized spacial score (nSPS) is 15.0. The van der Waals surface area contributed by atoms with Gasteiger partial charge in [-0.1, -0.05) is 41.4 Å². The second-order valence-electron chi connectivity index (χ2n) is 6.67. The fourth-order valence-electron chi connectivity index (χ4n) is 2.98. The van der Waals surface area contributed by atoms with Gasteiger partial charge in [0.05, 0.1) is 23.3 Å². The Morgan fingerprint density at radius 1 is 0.963 bits per heavy atom. The van der Waals surface area contributed by atoms with E-state index in [2.05, 4.69) is 22.3 Å². The van der Waals surface area contributed by atoms with Crippen molar-refractivity contribution >= 4 is 23.2 Å². The van der Waals surface area contributed by atoms with Crippen LogP contribution < -0.4 is 10.1 Å². The SMILES string of the molecule is Clc1ccc(COc2ccc(CNCCCN3CCOCC3)cc2)cc1Cl. The average Bonchev–Trinajstić information content (AvgIpc) is 2.70. The van der Waals surface area contributed by atoms with Crippen molar-refractivity contribution in [3.63, 3.8) is 0 Å².